The first kappa shape index (κ1) is 18.3. The van der Waals surface area contributed by atoms with Crippen LogP contribution in [0.25, 0.3) is 0 Å². The minimum absolute atomic E-state index is 0.0635. The Balaban J connectivity index is 2.54. The summed E-state index contributed by atoms with van der Waals surface area (Å²) in [6, 6.07) is 0. The van der Waals surface area contributed by atoms with Gasteiger partial charge in [0.1, 0.15) is 0 Å². The Kier molecular flexibility index (Phi) is 5.78. The van der Waals surface area contributed by atoms with E-state index >= 15 is 0 Å². The highest BCUT2D eigenvalue weighted by molar-refractivity contribution is 6.29. The Bertz CT molecular complexity index is 563. The monoisotopic (exact) mass is 335 g/mol. The molecule has 0 aromatic rings. The van der Waals surface area contributed by atoms with Crippen LogP contribution in [0, 0.1) is 11.3 Å². The predicted molar refractivity (Wildman–Crippen MR) is 98.1 cm³/mol. The van der Waals surface area contributed by atoms with Crippen LogP contribution in [-0.4, -0.2) is 17.4 Å². The zero-order chi connectivity index (χ0) is 17.2. The third-order valence-electron chi connectivity index (χ3n) is 4.76. The van der Waals surface area contributed by atoms with Crippen molar-refractivity contribution in [3.8, 4) is 0 Å². The number of fused-ring (bicyclic) bond motifs is 1. The molecule has 0 spiro atoms. The van der Waals surface area contributed by atoms with E-state index in [4.69, 9.17) is 11.6 Å². The van der Waals surface area contributed by atoms with Crippen LogP contribution >= 0.6 is 11.6 Å². The molecule has 1 heterocycles. The number of carbonyl (C=O) groups excluding carboxylic acids is 1. The summed E-state index contributed by atoms with van der Waals surface area (Å²) < 4.78 is 0. The zero-order valence-corrected chi connectivity index (χ0v) is 16.0. The molecule has 1 aliphatic heterocycles. The van der Waals surface area contributed by atoms with Gasteiger partial charge >= 0.3 is 0 Å². The van der Waals surface area contributed by atoms with Crippen molar-refractivity contribution in [3.63, 3.8) is 0 Å². The van der Waals surface area contributed by atoms with Crippen molar-refractivity contribution in [2.24, 2.45) is 11.3 Å². The summed E-state index contributed by atoms with van der Waals surface area (Å²) >= 11 is 6.29. The van der Waals surface area contributed by atoms with E-state index in [2.05, 4.69) is 40.7 Å². The molecule has 0 aromatic heterocycles. The van der Waals surface area contributed by atoms with Gasteiger partial charge in [0, 0.05) is 23.2 Å². The molecule has 1 fully saturated rings. The van der Waals surface area contributed by atoms with Crippen molar-refractivity contribution in [2.45, 2.75) is 66.7 Å². The highest BCUT2D eigenvalue weighted by Crippen LogP contribution is 2.37. The molecule has 128 valence electrons. The molecule has 1 amide bonds. The van der Waals surface area contributed by atoms with Crippen LogP contribution < -0.4 is 0 Å². The Morgan fingerprint density at radius 1 is 1.22 bits per heavy atom. The highest BCUT2D eigenvalue weighted by Gasteiger charge is 2.33. The summed E-state index contributed by atoms with van der Waals surface area (Å²) in [5.74, 6) is 0.410. The molecule has 23 heavy (non-hydrogen) atoms. The second kappa shape index (κ2) is 7.25. The average Bonchev–Trinajstić information content (AvgIpc) is 2.58. The number of carbonyl (C=O) groups is 1. The van der Waals surface area contributed by atoms with Crippen LogP contribution in [0.15, 0.2) is 34.0 Å². The Morgan fingerprint density at radius 2 is 1.91 bits per heavy atom. The van der Waals surface area contributed by atoms with E-state index in [0.29, 0.717) is 0 Å². The summed E-state index contributed by atoms with van der Waals surface area (Å²) in [6.45, 7) is 11.6. The Hall–Kier alpha value is -1.02. The molecule has 0 saturated carbocycles. The molecule has 2 nitrogen and oxygen atoms in total. The standard InChI is InChI=1S/C20H30ClNO/c1-6-15-8-11-17-14(2)7-9-16(21)10-12-18(17)22(19(15)23)13-20(3,4)5/h10,12,15H,6-9,11,13H2,1-5H3. The molecule has 1 unspecified atom stereocenters. The quantitative estimate of drug-likeness (QED) is 0.624. The minimum Gasteiger partial charge on any atom is -0.311 e. The lowest BCUT2D eigenvalue weighted by Gasteiger charge is -2.33. The third-order valence-corrected chi connectivity index (χ3v) is 5.07. The predicted octanol–water partition coefficient (Wildman–Crippen LogP) is 5.80. The summed E-state index contributed by atoms with van der Waals surface area (Å²) in [7, 11) is 0. The van der Waals surface area contributed by atoms with Gasteiger partial charge in [-0.25, -0.2) is 0 Å². The van der Waals surface area contributed by atoms with E-state index in [1.165, 1.54) is 11.1 Å². The molecule has 1 aliphatic carbocycles. The molecule has 3 heteroatoms. The number of hydrogen-bond acceptors (Lipinski definition) is 1. The SMILES string of the molecule is CCC1CCC2=C(C)CCC(Cl)=CC=C2N(CC(C)(C)C)C1=O. The van der Waals surface area contributed by atoms with Crippen molar-refractivity contribution in [1.29, 1.82) is 0 Å². The lowest BCUT2D eigenvalue weighted by atomic mass is 9.92. The number of rotatable bonds is 2. The van der Waals surface area contributed by atoms with Crippen molar-refractivity contribution in [1.82, 2.24) is 4.90 Å². The Labute approximate surface area is 146 Å². The van der Waals surface area contributed by atoms with E-state index in [1.807, 2.05) is 11.0 Å². The van der Waals surface area contributed by atoms with Gasteiger partial charge in [0.05, 0.1) is 0 Å². The number of allylic oxidation sites excluding steroid dienone is 5. The van der Waals surface area contributed by atoms with Gasteiger partial charge in [-0.3, -0.25) is 4.79 Å². The van der Waals surface area contributed by atoms with E-state index < -0.39 is 0 Å². The van der Waals surface area contributed by atoms with Gasteiger partial charge in [-0.2, -0.15) is 0 Å². The topological polar surface area (TPSA) is 20.3 Å². The number of amides is 1. The second-order valence-electron chi connectivity index (χ2n) is 8.05. The molecular weight excluding hydrogens is 306 g/mol. The third kappa shape index (κ3) is 4.50. The maximum absolute atomic E-state index is 13.1. The fourth-order valence-electron chi connectivity index (χ4n) is 3.42. The second-order valence-corrected chi connectivity index (χ2v) is 8.54. The molecular formula is C20H30ClNO. The van der Waals surface area contributed by atoms with Crippen LogP contribution in [0.1, 0.15) is 66.7 Å². The van der Waals surface area contributed by atoms with E-state index in [1.54, 1.807) is 0 Å². The number of hydrogen-bond donors (Lipinski definition) is 0. The largest absolute Gasteiger partial charge is 0.311 e. The van der Waals surface area contributed by atoms with E-state index in [9.17, 15) is 4.79 Å². The van der Waals surface area contributed by atoms with Gasteiger partial charge in [0.15, 0.2) is 0 Å². The van der Waals surface area contributed by atoms with Crippen LogP contribution in [0.5, 0.6) is 0 Å². The fraction of sp³-hybridized carbons (Fsp3) is 0.650. The van der Waals surface area contributed by atoms with Crippen LogP contribution in [0.4, 0.5) is 0 Å². The molecule has 0 N–H and O–H groups in total. The summed E-state index contributed by atoms with van der Waals surface area (Å²) in [5.41, 5.74) is 3.88. The van der Waals surface area contributed by atoms with Crippen LogP contribution in [-0.2, 0) is 4.79 Å². The van der Waals surface area contributed by atoms with Crippen molar-refractivity contribution >= 4 is 17.5 Å². The highest BCUT2D eigenvalue weighted by atomic mass is 35.5. The lowest BCUT2D eigenvalue weighted by molar-refractivity contribution is -0.134. The number of halogens is 1. The summed E-state index contributed by atoms with van der Waals surface area (Å²) in [6.07, 6.45) is 8.79. The van der Waals surface area contributed by atoms with Gasteiger partial charge in [-0.05, 0) is 62.2 Å². The fourth-order valence-corrected chi connectivity index (χ4v) is 3.58. The van der Waals surface area contributed by atoms with Gasteiger partial charge in [0.25, 0.3) is 0 Å². The van der Waals surface area contributed by atoms with Gasteiger partial charge in [-0.1, -0.05) is 44.9 Å². The molecule has 2 rings (SSSR count). The van der Waals surface area contributed by atoms with Crippen LogP contribution in [0.3, 0.4) is 0 Å². The lowest BCUT2D eigenvalue weighted by Crippen LogP contribution is -2.39. The van der Waals surface area contributed by atoms with Crippen molar-refractivity contribution in [2.75, 3.05) is 6.54 Å². The van der Waals surface area contributed by atoms with Crippen molar-refractivity contribution < 1.29 is 4.79 Å². The molecule has 0 aromatic carbocycles. The average molecular weight is 336 g/mol. The Morgan fingerprint density at radius 3 is 2.52 bits per heavy atom. The first-order valence-corrected chi connectivity index (χ1v) is 9.17. The first-order chi connectivity index (χ1) is 10.7. The molecule has 1 atom stereocenters. The molecule has 0 radical (unpaired) electrons. The van der Waals surface area contributed by atoms with Gasteiger partial charge < -0.3 is 4.90 Å². The number of likely N-dealkylation sites (tertiary alicyclic amines) is 1. The summed E-state index contributed by atoms with van der Waals surface area (Å²) in [5, 5.41) is 0.871. The van der Waals surface area contributed by atoms with Gasteiger partial charge in [0.2, 0.25) is 5.91 Å². The maximum Gasteiger partial charge on any atom is 0.230 e. The maximum atomic E-state index is 13.1. The zero-order valence-electron chi connectivity index (χ0n) is 15.2. The first-order valence-electron chi connectivity index (χ1n) is 8.79. The van der Waals surface area contributed by atoms with Crippen molar-refractivity contribution in [3.05, 3.63) is 34.0 Å². The van der Waals surface area contributed by atoms with Crippen LogP contribution in [0.2, 0.25) is 0 Å². The molecule has 1 saturated heterocycles. The minimum atomic E-state index is 0.0635. The van der Waals surface area contributed by atoms with Gasteiger partial charge in [-0.15, -0.1) is 0 Å². The smallest absolute Gasteiger partial charge is 0.230 e. The molecule has 2 aliphatic rings. The van der Waals surface area contributed by atoms with E-state index in [-0.39, 0.29) is 17.2 Å². The molecule has 0 bridgehead atoms. The normalized spacial score (nSPS) is 23.7. The van der Waals surface area contributed by atoms with E-state index in [0.717, 1.165) is 49.4 Å². The number of nitrogens with zero attached hydrogens (tertiary/aromatic N) is 1. The summed E-state index contributed by atoms with van der Waals surface area (Å²) in [4.78, 5) is 15.1.